The number of carbonyl (C=O) groups excluding carboxylic acids is 1. The number of anilines is 1. The van der Waals surface area contributed by atoms with Crippen molar-refractivity contribution in [1.29, 1.82) is 0 Å². The first-order chi connectivity index (χ1) is 11.6. The lowest BCUT2D eigenvalue weighted by Crippen LogP contribution is -2.59. The van der Waals surface area contributed by atoms with E-state index in [0.717, 1.165) is 41.3 Å². The zero-order valence-corrected chi connectivity index (χ0v) is 13.8. The van der Waals surface area contributed by atoms with Crippen LogP contribution in [0.3, 0.4) is 0 Å². The molecular formula is C17H16ClN5O. The van der Waals surface area contributed by atoms with Crippen molar-refractivity contribution in [2.24, 2.45) is 0 Å². The summed E-state index contributed by atoms with van der Waals surface area (Å²) in [4.78, 5) is 25.5. The predicted molar refractivity (Wildman–Crippen MR) is 94.2 cm³/mol. The molecule has 4 rings (SSSR count). The molecule has 1 saturated heterocycles. The van der Waals surface area contributed by atoms with Gasteiger partial charge in [-0.1, -0.05) is 23.7 Å². The van der Waals surface area contributed by atoms with Gasteiger partial charge in [0.2, 0.25) is 5.91 Å². The number of para-hydroxylation sites is 2. The first-order valence-electron chi connectivity index (χ1n) is 7.73. The van der Waals surface area contributed by atoms with Crippen molar-refractivity contribution >= 4 is 34.4 Å². The van der Waals surface area contributed by atoms with Gasteiger partial charge in [-0.2, -0.15) is 0 Å². The fraction of sp³-hybridized carbons (Fsp3) is 0.235. The highest BCUT2D eigenvalue weighted by molar-refractivity contribution is 6.33. The lowest BCUT2D eigenvalue weighted by Gasteiger charge is -2.40. The van der Waals surface area contributed by atoms with Crippen molar-refractivity contribution in [1.82, 2.24) is 20.3 Å². The Hall–Kier alpha value is -2.60. The van der Waals surface area contributed by atoms with Crippen LogP contribution in [0.4, 0.5) is 5.82 Å². The molecule has 0 aliphatic carbocycles. The molecule has 2 N–H and O–H groups in total. The molecular weight excluding hydrogens is 326 g/mol. The third-order valence-corrected chi connectivity index (χ3v) is 4.40. The maximum absolute atomic E-state index is 11.1. The van der Waals surface area contributed by atoms with Crippen molar-refractivity contribution < 1.29 is 4.79 Å². The van der Waals surface area contributed by atoms with Gasteiger partial charge in [-0.05, 0) is 18.2 Å². The Labute approximate surface area is 143 Å². The molecule has 2 aromatic heterocycles. The van der Waals surface area contributed by atoms with Gasteiger partial charge in [0, 0.05) is 31.8 Å². The van der Waals surface area contributed by atoms with Crippen molar-refractivity contribution in [3.8, 4) is 11.4 Å². The number of aromatic amines is 1. The van der Waals surface area contributed by atoms with Crippen LogP contribution in [-0.2, 0) is 4.79 Å². The third-order valence-electron chi connectivity index (χ3n) is 4.10. The summed E-state index contributed by atoms with van der Waals surface area (Å²) in [6.45, 7) is 3.02. The molecule has 7 heteroatoms. The Morgan fingerprint density at radius 2 is 2.17 bits per heavy atom. The molecule has 0 unspecified atom stereocenters. The standard InChI is InChI=1S/C17H16ClN5O/c1-10(24)20-11-8-23(9-11)16-6-12(13(18)7-19-16)17-21-14-4-2-3-5-15(14)22-17/h2-7,11H,8-9H2,1H3,(H,20,24)(H,21,22). The third kappa shape index (κ3) is 2.69. The van der Waals surface area contributed by atoms with E-state index in [-0.39, 0.29) is 11.9 Å². The van der Waals surface area contributed by atoms with Crippen LogP contribution in [-0.4, -0.2) is 40.0 Å². The number of benzene rings is 1. The number of fused-ring (bicyclic) bond motifs is 1. The summed E-state index contributed by atoms with van der Waals surface area (Å²) in [5.41, 5.74) is 2.69. The highest BCUT2D eigenvalue weighted by Crippen LogP contribution is 2.31. The first kappa shape index (κ1) is 15.0. The van der Waals surface area contributed by atoms with E-state index in [2.05, 4.69) is 25.2 Å². The number of aromatic nitrogens is 3. The molecule has 6 nitrogen and oxygen atoms in total. The maximum Gasteiger partial charge on any atom is 0.217 e. The Balaban J connectivity index is 1.61. The Kier molecular flexibility index (Phi) is 3.61. The number of rotatable bonds is 3. The summed E-state index contributed by atoms with van der Waals surface area (Å²) in [7, 11) is 0. The number of hydrogen-bond acceptors (Lipinski definition) is 4. The predicted octanol–water partition coefficient (Wildman–Crippen LogP) is 2.60. The minimum Gasteiger partial charge on any atom is -0.352 e. The number of pyridine rings is 1. The Morgan fingerprint density at radius 1 is 1.38 bits per heavy atom. The van der Waals surface area contributed by atoms with E-state index in [0.29, 0.717) is 5.02 Å². The molecule has 24 heavy (non-hydrogen) atoms. The molecule has 0 spiro atoms. The Morgan fingerprint density at radius 3 is 2.92 bits per heavy atom. The number of nitrogens with one attached hydrogen (secondary N) is 2. The average molecular weight is 342 g/mol. The molecule has 3 heterocycles. The maximum atomic E-state index is 11.1. The van der Waals surface area contributed by atoms with Gasteiger partial charge in [0.25, 0.3) is 0 Å². The summed E-state index contributed by atoms with van der Waals surface area (Å²) in [5, 5.41) is 3.45. The summed E-state index contributed by atoms with van der Waals surface area (Å²) >= 11 is 6.32. The monoisotopic (exact) mass is 341 g/mol. The molecule has 0 saturated carbocycles. The normalized spacial score (nSPS) is 14.7. The number of halogens is 1. The second kappa shape index (κ2) is 5.79. The van der Waals surface area contributed by atoms with Gasteiger partial charge in [-0.25, -0.2) is 9.97 Å². The number of hydrogen-bond donors (Lipinski definition) is 2. The molecule has 0 radical (unpaired) electrons. The van der Waals surface area contributed by atoms with Crippen LogP contribution in [0.2, 0.25) is 5.02 Å². The molecule has 0 bridgehead atoms. The first-order valence-corrected chi connectivity index (χ1v) is 8.10. The van der Waals surface area contributed by atoms with Crippen LogP contribution in [0.25, 0.3) is 22.4 Å². The van der Waals surface area contributed by atoms with Crippen molar-refractivity contribution in [3.05, 3.63) is 41.6 Å². The van der Waals surface area contributed by atoms with E-state index in [1.165, 1.54) is 6.92 Å². The number of nitrogens with zero attached hydrogens (tertiary/aromatic N) is 3. The van der Waals surface area contributed by atoms with Crippen LogP contribution in [0.1, 0.15) is 6.92 Å². The van der Waals surface area contributed by atoms with Gasteiger partial charge in [-0.15, -0.1) is 0 Å². The van der Waals surface area contributed by atoms with Crippen LogP contribution >= 0.6 is 11.6 Å². The van der Waals surface area contributed by atoms with Gasteiger partial charge < -0.3 is 15.2 Å². The molecule has 3 aromatic rings. The number of H-pyrrole nitrogens is 1. The largest absolute Gasteiger partial charge is 0.352 e. The van der Waals surface area contributed by atoms with E-state index in [4.69, 9.17) is 11.6 Å². The lowest BCUT2D eigenvalue weighted by molar-refractivity contribution is -0.119. The summed E-state index contributed by atoms with van der Waals surface area (Å²) < 4.78 is 0. The van der Waals surface area contributed by atoms with E-state index in [1.807, 2.05) is 30.3 Å². The molecule has 1 fully saturated rings. The molecule has 122 valence electrons. The molecule has 1 aliphatic heterocycles. The van der Waals surface area contributed by atoms with Gasteiger partial charge in [0.05, 0.1) is 22.1 Å². The van der Waals surface area contributed by atoms with Crippen LogP contribution in [0, 0.1) is 0 Å². The second-order valence-electron chi connectivity index (χ2n) is 5.93. The SMILES string of the molecule is CC(=O)NC1CN(c2cc(-c3nc4ccccc4[nH]3)c(Cl)cn2)C1. The van der Waals surface area contributed by atoms with Gasteiger partial charge in [0.15, 0.2) is 0 Å². The molecule has 0 atom stereocenters. The summed E-state index contributed by atoms with van der Waals surface area (Å²) in [6.07, 6.45) is 1.64. The van der Waals surface area contributed by atoms with Crippen molar-refractivity contribution in [3.63, 3.8) is 0 Å². The van der Waals surface area contributed by atoms with Crippen molar-refractivity contribution in [2.45, 2.75) is 13.0 Å². The van der Waals surface area contributed by atoms with Crippen LogP contribution in [0.15, 0.2) is 36.5 Å². The summed E-state index contributed by atoms with van der Waals surface area (Å²) in [5.74, 6) is 1.55. The molecule has 1 aliphatic rings. The number of imidazole rings is 1. The quantitative estimate of drug-likeness (QED) is 0.768. The van der Waals surface area contributed by atoms with Crippen molar-refractivity contribution in [2.75, 3.05) is 18.0 Å². The zero-order chi connectivity index (χ0) is 16.7. The molecule has 1 amide bonds. The van der Waals surface area contributed by atoms with E-state index in [9.17, 15) is 4.79 Å². The smallest absolute Gasteiger partial charge is 0.217 e. The van der Waals surface area contributed by atoms with E-state index in [1.54, 1.807) is 6.20 Å². The van der Waals surface area contributed by atoms with E-state index >= 15 is 0 Å². The highest BCUT2D eigenvalue weighted by atomic mass is 35.5. The van der Waals surface area contributed by atoms with Crippen LogP contribution < -0.4 is 10.2 Å². The number of carbonyl (C=O) groups is 1. The van der Waals surface area contributed by atoms with Gasteiger partial charge in [0.1, 0.15) is 11.6 Å². The molecule has 1 aromatic carbocycles. The fourth-order valence-electron chi connectivity index (χ4n) is 2.91. The zero-order valence-electron chi connectivity index (χ0n) is 13.1. The van der Waals surface area contributed by atoms with E-state index < -0.39 is 0 Å². The Bertz CT molecular complexity index is 883. The van der Waals surface area contributed by atoms with Gasteiger partial charge in [-0.3, -0.25) is 4.79 Å². The lowest BCUT2D eigenvalue weighted by atomic mass is 10.1. The van der Waals surface area contributed by atoms with Crippen LogP contribution in [0.5, 0.6) is 0 Å². The average Bonchev–Trinajstić information content (AvgIpc) is 2.95. The minimum absolute atomic E-state index is 0.00770. The fourth-order valence-corrected chi connectivity index (χ4v) is 3.10. The van der Waals surface area contributed by atoms with Gasteiger partial charge >= 0.3 is 0 Å². The number of amides is 1. The topological polar surface area (TPSA) is 73.9 Å². The summed E-state index contributed by atoms with van der Waals surface area (Å²) in [6, 6.07) is 9.97. The highest BCUT2D eigenvalue weighted by Gasteiger charge is 2.28. The minimum atomic E-state index is -0.00770. The second-order valence-corrected chi connectivity index (χ2v) is 6.33.